The molecule has 0 saturated heterocycles. The molecule has 1 aromatic rings. The molecule has 6 nitrogen and oxygen atoms in total. The molecule has 0 bridgehead atoms. The second-order valence-corrected chi connectivity index (χ2v) is 6.38. The maximum Gasteiger partial charge on any atom is 0.339 e. The van der Waals surface area contributed by atoms with Gasteiger partial charge in [-0.3, -0.25) is 0 Å². The second kappa shape index (κ2) is 5.26. The van der Waals surface area contributed by atoms with Gasteiger partial charge in [0.05, 0.1) is 4.90 Å². The van der Waals surface area contributed by atoms with E-state index in [1.165, 1.54) is 6.92 Å². The summed E-state index contributed by atoms with van der Waals surface area (Å²) in [6, 6.07) is 1.92. The Morgan fingerprint density at radius 3 is 2.45 bits per heavy atom. The number of sulfonamides is 1. The number of aryl methyl sites for hydroxylation is 1. The van der Waals surface area contributed by atoms with Gasteiger partial charge in [0.1, 0.15) is 11.3 Å². The van der Waals surface area contributed by atoms with Gasteiger partial charge in [-0.25, -0.2) is 17.9 Å². The molecule has 1 aliphatic carbocycles. The Balaban J connectivity index is 2.40. The first-order chi connectivity index (χ1) is 9.31. The summed E-state index contributed by atoms with van der Waals surface area (Å²) < 4.78 is 27.1. The fourth-order valence-electron chi connectivity index (χ4n) is 2.13. The quantitative estimate of drug-likeness (QED) is 0.729. The standard InChI is InChI=1S/C13H15NO5S/c1-8-6-11(15)10(13(16)17)7-12(8)20(18,19)14-9-4-2-3-5-9/h2-3,6-7,9,14-15H,4-5H2,1H3,(H,16,17). The first kappa shape index (κ1) is 14.5. The van der Waals surface area contributed by atoms with Crippen molar-refractivity contribution in [2.45, 2.75) is 30.7 Å². The summed E-state index contributed by atoms with van der Waals surface area (Å²) in [6.45, 7) is 1.51. The van der Waals surface area contributed by atoms with Crippen LogP contribution in [0.3, 0.4) is 0 Å². The van der Waals surface area contributed by atoms with Crippen molar-refractivity contribution in [3.05, 3.63) is 35.4 Å². The zero-order chi connectivity index (χ0) is 14.9. The number of carbonyl (C=O) groups is 1. The third-order valence-corrected chi connectivity index (χ3v) is 4.81. The molecule has 0 spiro atoms. The Bertz CT molecular complexity index is 670. The lowest BCUT2D eigenvalue weighted by atomic mass is 10.1. The van der Waals surface area contributed by atoms with E-state index in [0.717, 1.165) is 12.1 Å². The molecule has 0 amide bonds. The zero-order valence-electron chi connectivity index (χ0n) is 10.8. The van der Waals surface area contributed by atoms with E-state index in [4.69, 9.17) is 5.11 Å². The summed E-state index contributed by atoms with van der Waals surface area (Å²) in [5, 5.41) is 18.5. The fraction of sp³-hybridized carbons (Fsp3) is 0.308. The minimum atomic E-state index is -3.81. The zero-order valence-corrected chi connectivity index (χ0v) is 11.6. The first-order valence-electron chi connectivity index (χ1n) is 6.05. The van der Waals surface area contributed by atoms with Crippen LogP contribution < -0.4 is 4.72 Å². The Kier molecular flexibility index (Phi) is 3.82. The number of hydrogen-bond donors (Lipinski definition) is 3. The van der Waals surface area contributed by atoms with Gasteiger partial charge in [-0.1, -0.05) is 12.2 Å². The second-order valence-electron chi connectivity index (χ2n) is 4.70. The number of aromatic hydroxyl groups is 1. The Morgan fingerprint density at radius 2 is 1.90 bits per heavy atom. The maximum absolute atomic E-state index is 12.3. The number of rotatable bonds is 4. The van der Waals surface area contributed by atoms with Crippen LogP contribution in [0.4, 0.5) is 0 Å². The van der Waals surface area contributed by atoms with Crippen LogP contribution in [0.15, 0.2) is 29.2 Å². The smallest absolute Gasteiger partial charge is 0.339 e. The molecule has 0 aromatic heterocycles. The van der Waals surface area contributed by atoms with Gasteiger partial charge in [0.15, 0.2) is 0 Å². The highest BCUT2D eigenvalue weighted by atomic mass is 32.2. The minimum Gasteiger partial charge on any atom is -0.507 e. The summed E-state index contributed by atoms with van der Waals surface area (Å²) >= 11 is 0. The van der Waals surface area contributed by atoms with E-state index >= 15 is 0 Å². The summed E-state index contributed by atoms with van der Waals surface area (Å²) in [7, 11) is -3.81. The number of benzene rings is 1. The van der Waals surface area contributed by atoms with Crippen LogP contribution >= 0.6 is 0 Å². The average molecular weight is 297 g/mol. The van der Waals surface area contributed by atoms with Crippen LogP contribution in [0, 0.1) is 6.92 Å². The van der Waals surface area contributed by atoms with E-state index in [9.17, 15) is 18.3 Å². The van der Waals surface area contributed by atoms with Gasteiger partial charge in [-0.2, -0.15) is 0 Å². The molecule has 0 atom stereocenters. The highest BCUT2D eigenvalue weighted by Gasteiger charge is 2.24. The molecule has 7 heteroatoms. The van der Waals surface area contributed by atoms with Crippen LogP contribution in [-0.4, -0.2) is 30.6 Å². The van der Waals surface area contributed by atoms with Gasteiger partial charge in [-0.15, -0.1) is 0 Å². The highest BCUT2D eigenvalue weighted by Crippen LogP contribution is 2.26. The molecule has 0 unspecified atom stereocenters. The topological polar surface area (TPSA) is 104 Å². The van der Waals surface area contributed by atoms with Crippen LogP contribution in [0.5, 0.6) is 5.75 Å². The predicted molar refractivity (Wildman–Crippen MR) is 72.3 cm³/mol. The number of carboxylic acids is 1. The predicted octanol–water partition coefficient (Wildman–Crippen LogP) is 1.40. The third-order valence-electron chi connectivity index (χ3n) is 3.14. The molecule has 0 radical (unpaired) electrons. The van der Waals surface area contributed by atoms with Gasteiger partial charge in [0.25, 0.3) is 0 Å². The number of phenols is 1. The SMILES string of the molecule is Cc1cc(O)c(C(=O)O)cc1S(=O)(=O)NC1CC=CC1. The molecule has 0 heterocycles. The molecule has 108 valence electrons. The lowest BCUT2D eigenvalue weighted by Gasteiger charge is -2.15. The van der Waals surface area contributed by atoms with E-state index in [-0.39, 0.29) is 10.9 Å². The average Bonchev–Trinajstić information content (AvgIpc) is 2.79. The van der Waals surface area contributed by atoms with Crippen molar-refractivity contribution in [3.8, 4) is 5.75 Å². The van der Waals surface area contributed by atoms with E-state index in [2.05, 4.69) is 4.72 Å². The third kappa shape index (κ3) is 2.83. The van der Waals surface area contributed by atoms with E-state index in [1.54, 1.807) is 0 Å². The molecule has 20 heavy (non-hydrogen) atoms. The number of carboxylic acid groups (broad SMARTS) is 1. The molecule has 0 fully saturated rings. The molecule has 0 aliphatic heterocycles. The Hall–Kier alpha value is -1.86. The van der Waals surface area contributed by atoms with Crippen molar-refractivity contribution in [2.24, 2.45) is 0 Å². The van der Waals surface area contributed by atoms with E-state index in [1.807, 2.05) is 12.2 Å². The monoisotopic (exact) mass is 297 g/mol. The first-order valence-corrected chi connectivity index (χ1v) is 7.54. The Labute approximate surface area is 116 Å². The van der Waals surface area contributed by atoms with Crippen LogP contribution in [0.2, 0.25) is 0 Å². The van der Waals surface area contributed by atoms with Crippen molar-refractivity contribution in [1.29, 1.82) is 0 Å². The van der Waals surface area contributed by atoms with Crippen molar-refractivity contribution < 1.29 is 23.4 Å². The van der Waals surface area contributed by atoms with Crippen molar-refractivity contribution in [3.63, 3.8) is 0 Å². The van der Waals surface area contributed by atoms with Crippen LogP contribution in [0.25, 0.3) is 0 Å². The minimum absolute atomic E-state index is 0.125. The fourth-order valence-corrected chi connectivity index (χ4v) is 3.64. The molecule has 3 N–H and O–H groups in total. The van der Waals surface area contributed by atoms with Crippen molar-refractivity contribution in [1.82, 2.24) is 4.72 Å². The molecule has 1 aromatic carbocycles. The largest absolute Gasteiger partial charge is 0.507 e. The van der Waals surface area contributed by atoms with Crippen molar-refractivity contribution >= 4 is 16.0 Å². The van der Waals surface area contributed by atoms with Crippen LogP contribution in [0.1, 0.15) is 28.8 Å². The van der Waals surface area contributed by atoms with E-state index < -0.39 is 27.3 Å². The molecular formula is C13H15NO5S. The molecular weight excluding hydrogens is 282 g/mol. The maximum atomic E-state index is 12.3. The van der Waals surface area contributed by atoms with Gasteiger partial charge in [-0.05, 0) is 37.5 Å². The molecule has 0 saturated carbocycles. The number of hydrogen-bond acceptors (Lipinski definition) is 4. The van der Waals surface area contributed by atoms with Crippen LogP contribution in [-0.2, 0) is 10.0 Å². The summed E-state index contributed by atoms with van der Waals surface area (Å²) in [4.78, 5) is 10.8. The molecule has 1 aliphatic rings. The lowest BCUT2D eigenvalue weighted by Crippen LogP contribution is -2.33. The number of aromatic carboxylic acids is 1. The van der Waals surface area contributed by atoms with Gasteiger partial charge in [0.2, 0.25) is 10.0 Å². The van der Waals surface area contributed by atoms with Gasteiger partial charge < -0.3 is 10.2 Å². The van der Waals surface area contributed by atoms with E-state index in [0.29, 0.717) is 18.4 Å². The molecule has 2 rings (SSSR count). The van der Waals surface area contributed by atoms with Gasteiger partial charge in [0, 0.05) is 6.04 Å². The lowest BCUT2D eigenvalue weighted by molar-refractivity contribution is 0.0693. The number of nitrogens with one attached hydrogen (secondary N) is 1. The Morgan fingerprint density at radius 1 is 1.30 bits per heavy atom. The highest BCUT2D eigenvalue weighted by molar-refractivity contribution is 7.89. The van der Waals surface area contributed by atoms with Gasteiger partial charge >= 0.3 is 5.97 Å². The normalized spacial score (nSPS) is 15.7. The van der Waals surface area contributed by atoms with Crippen molar-refractivity contribution in [2.75, 3.05) is 0 Å². The summed E-state index contributed by atoms with van der Waals surface area (Å²) in [5.41, 5.74) is -0.133. The summed E-state index contributed by atoms with van der Waals surface area (Å²) in [6.07, 6.45) is 5.00. The summed E-state index contributed by atoms with van der Waals surface area (Å²) in [5.74, 6) is -1.82.